The maximum atomic E-state index is 12.4. The van der Waals surface area contributed by atoms with E-state index >= 15 is 0 Å². The number of hydrogen-bond donors (Lipinski definition) is 1. The van der Waals surface area contributed by atoms with Crippen molar-refractivity contribution >= 4 is 17.2 Å². The van der Waals surface area contributed by atoms with Crippen molar-refractivity contribution in [2.24, 2.45) is 0 Å². The molecule has 0 bridgehead atoms. The molecule has 35 heavy (non-hydrogen) atoms. The van der Waals surface area contributed by atoms with Gasteiger partial charge in [-0.3, -0.25) is 0 Å². The Hall–Kier alpha value is -3.06. The molecule has 2 fully saturated rings. The van der Waals surface area contributed by atoms with Gasteiger partial charge in [-0.1, -0.05) is 24.3 Å². The molecule has 0 saturated carbocycles. The highest BCUT2D eigenvalue weighted by Gasteiger charge is 2.26. The lowest BCUT2D eigenvalue weighted by Gasteiger charge is -2.36. The van der Waals surface area contributed by atoms with E-state index in [9.17, 15) is 4.79 Å². The maximum Gasteiger partial charge on any atom is 0.317 e. The van der Waals surface area contributed by atoms with Gasteiger partial charge >= 0.3 is 6.03 Å². The third-order valence-electron chi connectivity index (χ3n) is 7.47. The Morgan fingerprint density at radius 1 is 0.971 bits per heavy atom. The minimum Gasteiger partial charge on any atom is -0.366 e. The van der Waals surface area contributed by atoms with E-state index in [2.05, 4.69) is 76.7 Å². The van der Waals surface area contributed by atoms with Crippen LogP contribution in [0.1, 0.15) is 45.6 Å². The quantitative estimate of drug-likeness (QED) is 0.594. The molecule has 0 radical (unpaired) electrons. The molecule has 2 aromatic heterocycles. The van der Waals surface area contributed by atoms with Gasteiger partial charge in [0.15, 0.2) is 0 Å². The molecule has 4 heterocycles. The molecule has 5 rings (SSSR count). The van der Waals surface area contributed by atoms with Gasteiger partial charge in [0.05, 0.1) is 11.2 Å². The van der Waals surface area contributed by atoms with E-state index in [-0.39, 0.29) is 12.1 Å². The van der Waals surface area contributed by atoms with Crippen LogP contribution in [0.15, 0.2) is 48.8 Å². The Bertz CT molecular complexity index is 1160. The number of rotatable bonds is 5. The van der Waals surface area contributed by atoms with Gasteiger partial charge in [-0.25, -0.2) is 9.31 Å². The van der Waals surface area contributed by atoms with Crippen LogP contribution in [0.2, 0.25) is 0 Å². The smallest absolute Gasteiger partial charge is 0.317 e. The van der Waals surface area contributed by atoms with Crippen LogP contribution in [-0.4, -0.2) is 76.8 Å². The average molecular weight is 475 g/mol. The monoisotopic (exact) mass is 474 g/mol. The first kappa shape index (κ1) is 23.7. The summed E-state index contributed by atoms with van der Waals surface area (Å²) >= 11 is 0. The zero-order valence-electron chi connectivity index (χ0n) is 21.4. The topological polar surface area (TPSA) is 56.1 Å². The summed E-state index contributed by atoms with van der Waals surface area (Å²) in [5.41, 5.74) is 6.13. The molecule has 2 aliphatic rings. The number of hydrogen-bond acceptors (Lipinski definition) is 4. The zero-order chi connectivity index (χ0) is 24.5. The lowest BCUT2D eigenvalue weighted by Crippen LogP contribution is -2.53. The van der Waals surface area contributed by atoms with Crippen molar-refractivity contribution in [3.05, 3.63) is 54.4 Å². The molecule has 3 aromatic rings. The summed E-state index contributed by atoms with van der Waals surface area (Å²) in [4.78, 5) is 19.2. The van der Waals surface area contributed by atoms with E-state index in [0.29, 0.717) is 12.0 Å². The fourth-order valence-corrected chi connectivity index (χ4v) is 5.39. The van der Waals surface area contributed by atoms with Gasteiger partial charge in [0.25, 0.3) is 0 Å². The minimum absolute atomic E-state index is 0.0301. The molecular weight excluding hydrogens is 436 g/mol. The van der Waals surface area contributed by atoms with Crippen LogP contribution in [0, 0.1) is 0 Å². The lowest BCUT2D eigenvalue weighted by atomic mass is 9.96. The minimum atomic E-state index is 0.0301. The number of anilines is 1. The molecule has 1 aromatic carbocycles. The van der Waals surface area contributed by atoms with Crippen LogP contribution >= 0.6 is 0 Å². The van der Waals surface area contributed by atoms with Gasteiger partial charge in [0.1, 0.15) is 0 Å². The molecule has 1 N–H and O–H groups in total. The van der Waals surface area contributed by atoms with Crippen LogP contribution in [-0.2, 0) is 0 Å². The fourth-order valence-electron chi connectivity index (χ4n) is 5.39. The van der Waals surface area contributed by atoms with Crippen LogP contribution in [0.3, 0.4) is 0 Å². The Morgan fingerprint density at radius 3 is 2.37 bits per heavy atom. The number of aromatic nitrogens is 2. The number of urea groups is 1. The number of amides is 2. The number of fused-ring (bicyclic) bond motifs is 1. The Labute approximate surface area is 208 Å². The average Bonchev–Trinajstić information content (AvgIpc) is 3.52. The van der Waals surface area contributed by atoms with Crippen molar-refractivity contribution < 1.29 is 4.79 Å². The van der Waals surface area contributed by atoms with Gasteiger partial charge in [-0.15, -0.1) is 0 Å². The number of piperazine rings is 1. The van der Waals surface area contributed by atoms with E-state index in [1.807, 2.05) is 29.5 Å². The largest absolute Gasteiger partial charge is 0.366 e. The van der Waals surface area contributed by atoms with Crippen molar-refractivity contribution in [1.29, 1.82) is 0 Å². The van der Waals surface area contributed by atoms with E-state index in [1.54, 1.807) is 0 Å². The van der Waals surface area contributed by atoms with E-state index in [4.69, 9.17) is 0 Å². The molecule has 7 heteroatoms. The normalized spacial score (nSPS) is 19.3. The number of nitrogens with zero attached hydrogens (tertiary/aromatic N) is 5. The molecule has 1 atom stereocenters. The number of carbonyl (C=O) groups excluding carboxylic acids is 1. The molecule has 0 spiro atoms. The molecule has 0 aliphatic carbocycles. The number of likely N-dealkylation sites (tertiary alicyclic amines) is 1. The van der Waals surface area contributed by atoms with Crippen LogP contribution < -0.4 is 10.2 Å². The third kappa shape index (κ3) is 5.01. The predicted octanol–water partition coefficient (Wildman–Crippen LogP) is 4.44. The second kappa shape index (κ2) is 9.90. The number of benzene rings is 1. The molecule has 0 unspecified atom stereocenters. The first-order chi connectivity index (χ1) is 16.9. The van der Waals surface area contributed by atoms with Gasteiger partial charge in [-0.05, 0) is 69.8 Å². The van der Waals surface area contributed by atoms with Gasteiger partial charge < -0.3 is 20.0 Å². The molecule has 186 valence electrons. The highest BCUT2D eigenvalue weighted by atomic mass is 16.2. The third-order valence-corrected chi connectivity index (χ3v) is 7.47. The van der Waals surface area contributed by atoms with Crippen molar-refractivity contribution in [3.63, 3.8) is 0 Å². The van der Waals surface area contributed by atoms with Crippen molar-refractivity contribution in [1.82, 2.24) is 24.7 Å². The van der Waals surface area contributed by atoms with Crippen molar-refractivity contribution in [2.75, 3.05) is 44.2 Å². The molecule has 7 nitrogen and oxygen atoms in total. The number of carbonyl (C=O) groups is 1. The van der Waals surface area contributed by atoms with Crippen LogP contribution in [0.4, 0.5) is 10.5 Å². The van der Waals surface area contributed by atoms with Crippen molar-refractivity contribution in [3.8, 4) is 11.1 Å². The molecule has 2 amide bonds. The molecule has 2 aliphatic heterocycles. The Balaban J connectivity index is 1.30. The fraction of sp³-hybridized carbons (Fsp3) is 0.500. The highest BCUT2D eigenvalue weighted by Crippen LogP contribution is 2.32. The highest BCUT2D eigenvalue weighted by molar-refractivity contribution is 5.80. The van der Waals surface area contributed by atoms with Gasteiger partial charge in [-0.2, -0.15) is 5.10 Å². The lowest BCUT2D eigenvalue weighted by molar-refractivity contribution is 0.192. The predicted molar refractivity (Wildman–Crippen MR) is 142 cm³/mol. The van der Waals surface area contributed by atoms with Gasteiger partial charge in [0.2, 0.25) is 0 Å². The van der Waals surface area contributed by atoms with Crippen LogP contribution in [0.25, 0.3) is 16.6 Å². The van der Waals surface area contributed by atoms with Crippen molar-refractivity contribution in [2.45, 2.75) is 52.1 Å². The standard InChI is InChI=1S/C28H38N6O/c1-20(2)30-28(35)32-15-13-31(14-16-32)26-9-11-29-34-19-25(17-27(26)34)23-7-5-22(6-8-23)24-10-12-33(18-24)21(3)4/h5-9,11,17,19-21,24H,10,12-16,18H2,1-4H3,(H,30,35)/t24-/m1/s1. The first-order valence-electron chi connectivity index (χ1n) is 13.0. The second-order valence-corrected chi connectivity index (χ2v) is 10.5. The molecular formula is C28H38N6O. The summed E-state index contributed by atoms with van der Waals surface area (Å²) in [6, 6.07) is 14.3. The Kier molecular flexibility index (Phi) is 6.69. The summed E-state index contributed by atoms with van der Waals surface area (Å²) in [7, 11) is 0. The summed E-state index contributed by atoms with van der Waals surface area (Å²) < 4.78 is 1.98. The van der Waals surface area contributed by atoms with Crippen LogP contribution in [0.5, 0.6) is 0 Å². The summed E-state index contributed by atoms with van der Waals surface area (Å²) in [5.74, 6) is 0.633. The van der Waals surface area contributed by atoms with E-state index < -0.39 is 0 Å². The summed E-state index contributed by atoms with van der Waals surface area (Å²) in [6.45, 7) is 14.0. The number of nitrogens with one attached hydrogen (secondary N) is 1. The van der Waals surface area contributed by atoms with E-state index in [0.717, 1.165) is 38.2 Å². The van der Waals surface area contributed by atoms with Gasteiger partial charge in [0, 0.05) is 62.8 Å². The Morgan fingerprint density at radius 2 is 1.71 bits per heavy atom. The SMILES string of the molecule is CC(C)NC(=O)N1CCN(c2ccnn3cc(-c4ccc([C@@H]5CCN(C(C)C)C5)cc4)cc23)CC1. The first-order valence-corrected chi connectivity index (χ1v) is 13.0. The molecule has 2 saturated heterocycles. The van der Waals surface area contributed by atoms with E-state index in [1.165, 1.54) is 35.3 Å². The summed E-state index contributed by atoms with van der Waals surface area (Å²) in [6.07, 6.45) is 5.23. The summed E-state index contributed by atoms with van der Waals surface area (Å²) in [5, 5.41) is 7.57. The second-order valence-electron chi connectivity index (χ2n) is 10.5. The maximum absolute atomic E-state index is 12.4. The zero-order valence-corrected chi connectivity index (χ0v) is 21.4.